The van der Waals surface area contributed by atoms with Crippen molar-refractivity contribution in [3.63, 3.8) is 0 Å². The van der Waals surface area contributed by atoms with Crippen LogP contribution in [0.4, 0.5) is 0 Å². The van der Waals surface area contributed by atoms with Gasteiger partial charge in [0.05, 0.1) is 0 Å². The first-order valence-corrected chi connectivity index (χ1v) is 7.79. The van der Waals surface area contributed by atoms with E-state index in [4.69, 9.17) is 0 Å². The quantitative estimate of drug-likeness (QED) is 0.804. The summed E-state index contributed by atoms with van der Waals surface area (Å²) in [5.41, 5.74) is 2.10. The molecule has 1 N–H and O–H groups in total. The van der Waals surface area contributed by atoms with E-state index in [1.807, 2.05) is 24.3 Å². The van der Waals surface area contributed by atoms with Gasteiger partial charge in [0.2, 0.25) is 0 Å². The van der Waals surface area contributed by atoms with Crippen molar-refractivity contribution >= 4 is 21.8 Å². The number of halogens is 1. The molecule has 1 rings (SSSR count). The van der Waals surface area contributed by atoms with E-state index in [-0.39, 0.29) is 11.3 Å². The molecule has 0 heterocycles. The Kier molecular flexibility index (Phi) is 6.05. The summed E-state index contributed by atoms with van der Waals surface area (Å²) in [4.78, 5) is 12.4. The van der Waals surface area contributed by atoms with E-state index in [0.717, 1.165) is 18.4 Å². The summed E-state index contributed by atoms with van der Waals surface area (Å²) >= 11 is 3.56. The smallest absolute Gasteiger partial charge is 0.251 e. The number of hydrogen-bond acceptors (Lipinski definition) is 1. The Morgan fingerprint density at radius 1 is 1.26 bits per heavy atom. The lowest BCUT2D eigenvalue weighted by molar-refractivity contribution is 0.0953. The van der Waals surface area contributed by atoms with Crippen LogP contribution >= 0.6 is 15.9 Å². The van der Waals surface area contributed by atoms with Gasteiger partial charge >= 0.3 is 0 Å². The maximum Gasteiger partial charge on any atom is 0.251 e. The first-order chi connectivity index (χ1) is 8.84. The van der Waals surface area contributed by atoms with Crippen LogP contribution in [0, 0.1) is 0 Å². The monoisotopic (exact) mass is 325 g/mol. The molecule has 0 aliphatic carbocycles. The molecule has 0 aliphatic rings. The largest absolute Gasteiger partial charge is 0.352 e. The SMILES string of the molecule is CCC(Br)CCNC(=O)c1ccc(C(C)(C)C)cc1. The fourth-order valence-corrected chi connectivity index (χ4v) is 2.00. The molecule has 0 radical (unpaired) electrons. The van der Waals surface area contributed by atoms with Crippen molar-refractivity contribution in [3.8, 4) is 0 Å². The minimum absolute atomic E-state index is 0.0104. The summed E-state index contributed by atoms with van der Waals surface area (Å²) in [5.74, 6) is 0.0104. The molecule has 0 bridgehead atoms. The van der Waals surface area contributed by atoms with Crippen LogP contribution in [0.3, 0.4) is 0 Å². The third kappa shape index (κ3) is 5.35. The summed E-state index contributed by atoms with van der Waals surface area (Å²) in [7, 11) is 0. The topological polar surface area (TPSA) is 29.1 Å². The lowest BCUT2D eigenvalue weighted by Gasteiger charge is -2.19. The van der Waals surface area contributed by atoms with Gasteiger partial charge in [0.15, 0.2) is 0 Å². The number of carbonyl (C=O) groups excluding carboxylic acids is 1. The molecule has 1 amide bonds. The zero-order valence-electron chi connectivity index (χ0n) is 12.3. The normalized spacial score (nSPS) is 13.1. The third-order valence-corrected chi connectivity index (χ3v) is 4.30. The second kappa shape index (κ2) is 7.09. The van der Waals surface area contributed by atoms with Gasteiger partial charge in [-0.3, -0.25) is 4.79 Å². The van der Waals surface area contributed by atoms with E-state index >= 15 is 0 Å². The number of hydrogen-bond donors (Lipinski definition) is 1. The summed E-state index contributed by atoms with van der Waals surface area (Å²) in [5, 5.41) is 2.95. The molecule has 19 heavy (non-hydrogen) atoms. The molecule has 0 spiro atoms. The van der Waals surface area contributed by atoms with Crippen molar-refractivity contribution in [3.05, 3.63) is 35.4 Å². The molecule has 1 unspecified atom stereocenters. The Labute approximate surface area is 125 Å². The van der Waals surface area contributed by atoms with Crippen molar-refractivity contribution in [1.29, 1.82) is 0 Å². The summed E-state index contributed by atoms with van der Waals surface area (Å²) in [6.45, 7) is 9.35. The van der Waals surface area contributed by atoms with Crippen molar-refractivity contribution < 1.29 is 4.79 Å². The number of alkyl halides is 1. The second-order valence-corrected chi connectivity index (χ2v) is 7.17. The molecular weight excluding hydrogens is 302 g/mol. The van der Waals surface area contributed by atoms with Crippen LogP contribution in [0.2, 0.25) is 0 Å². The van der Waals surface area contributed by atoms with Gasteiger partial charge in [-0.05, 0) is 36.0 Å². The average Bonchev–Trinajstić information content (AvgIpc) is 2.37. The number of rotatable bonds is 5. The lowest BCUT2D eigenvalue weighted by Crippen LogP contribution is -2.26. The third-order valence-electron chi connectivity index (χ3n) is 3.20. The Morgan fingerprint density at radius 2 is 1.84 bits per heavy atom. The number of carbonyl (C=O) groups is 1. The van der Waals surface area contributed by atoms with E-state index < -0.39 is 0 Å². The minimum Gasteiger partial charge on any atom is -0.352 e. The summed E-state index contributed by atoms with van der Waals surface area (Å²) in [6, 6.07) is 7.88. The van der Waals surface area contributed by atoms with Crippen LogP contribution in [0.15, 0.2) is 24.3 Å². The molecule has 0 aromatic heterocycles. The molecule has 0 fully saturated rings. The molecule has 0 saturated heterocycles. The zero-order valence-corrected chi connectivity index (χ0v) is 13.9. The molecule has 0 saturated carbocycles. The molecule has 0 aliphatic heterocycles. The zero-order chi connectivity index (χ0) is 14.5. The van der Waals surface area contributed by atoms with Crippen LogP contribution in [0.25, 0.3) is 0 Å². The van der Waals surface area contributed by atoms with Crippen molar-refractivity contribution in [2.75, 3.05) is 6.54 Å². The Bertz CT molecular complexity index is 406. The molecule has 1 atom stereocenters. The van der Waals surface area contributed by atoms with Crippen LogP contribution in [0.1, 0.15) is 56.5 Å². The van der Waals surface area contributed by atoms with Crippen LogP contribution < -0.4 is 5.32 Å². The Morgan fingerprint density at radius 3 is 2.32 bits per heavy atom. The van der Waals surface area contributed by atoms with E-state index in [9.17, 15) is 4.79 Å². The second-order valence-electron chi connectivity index (χ2n) is 5.88. The van der Waals surface area contributed by atoms with E-state index in [1.54, 1.807) is 0 Å². The Balaban J connectivity index is 2.54. The highest BCUT2D eigenvalue weighted by Gasteiger charge is 2.14. The highest BCUT2D eigenvalue weighted by Crippen LogP contribution is 2.22. The fraction of sp³-hybridized carbons (Fsp3) is 0.562. The Hall–Kier alpha value is -0.830. The first kappa shape index (κ1) is 16.2. The standard InChI is InChI=1S/C16H24BrNO/c1-5-14(17)10-11-18-15(19)12-6-8-13(9-7-12)16(2,3)4/h6-9,14H,5,10-11H2,1-4H3,(H,18,19). The maximum atomic E-state index is 11.9. The van der Waals surface area contributed by atoms with Gasteiger partial charge in [-0.1, -0.05) is 55.8 Å². The van der Waals surface area contributed by atoms with Crippen molar-refractivity contribution in [2.45, 2.75) is 50.8 Å². The maximum absolute atomic E-state index is 11.9. The molecule has 1 aromatic rings. The predicted molar refractivity (Wildman–Crippen MR) is 85.1 cm³/mol. The van der Waals surface area contributed by atoms with Gasteiger partial charge in [0.1, 0.15) is 0 Å². The van der Waals surface area contributed by atoms with E-state index in [1.165, 1.54) is 5.56 Å². The van der Waals surface area contributed by atoms with Crippen molar-refractivity contribution in [1.82, 2.24) is 5.32 Å². The van der Waals surface area contributed by atoms with Gasteiger partial charge in [-0.15, -0.1) is 0 Å². The minimum atomic E-state index is 0.0104. The molecule has 106 valence electrons. The molecule has 1 aromatic carbocycles. The van der Waals surface area contributed by atoms with Gasteiger partial charge in [0, 0.05) is 16.9 Å². The molecule has 3 heteroatoms. The first-order valence-electron chi connectivity index (χ1n) is 6.87. The summed E-state index contributed by atoms with van der Waals surface area (Å²) in [6.07, 6.45) is 2.04. The highest BCUT2D eigenvalue weighted by atomic mass is 79.9. The van der Waals surface area contributed by atoms with Gasteiger partial charge in [0.25, 0.3) is 5.91 Å². The van der Waals surface area contributed by atoms with Crippen molar-refractivity contribution in [2.24, 2.45) is 0 Å². The number of benzene rings is 1. The predicted octanol–water partition coefficient (Wildman–Crippen LogP) is 4.28. The van der Waals surface area contributed by atoms with Gasteiger partial charge in [-0.2, -0.15) is 0 Å². The van der Waals surface area contributed by atoms with Crippen LogP contribution in [-0.2, 0) is 5.41 Å². The average molecular weight is 326 g/mol. The lowest BCUT2D eigenvalue weighted by atomic mass is 9.87. The number of amides is 1. The number of nitrogens with one attached hydrogen (secondary N) is 1. The van der Waals surface area contributed by atoms with E-state index in [0.29, 0.717) is 11.4 Å². The van der Waals surface area contributed by atoms with Gasteiger partial charge in [-0.25, -0.2) is 0 Å². The molecular formula is C16H24BrNO. The van der Waals surface area contributed by atoms with Crippen LogP contribution in [-0.4, -0.2) is 17.3 Å². The van der Waals surface area contributed by atoms with Crippen LogP contribution in [0.5, 0.6) is 0 Å². The molecule has 2 nitrogen and oxygen atoms in total. The highest BCUT2D eigenvalue weighted by molar-refractivity contribution is 9.09. The fourth-order valence-electron chi connectivity index (χ4n) is 1.77. The van der Waals surface area contributed by atoms with E-state index in [2.05, 4.69) is 48.9 Å². The summed E-state index contributed by atoms with van der Waals surface area (Å²) < 4.78 is 0. The van der Waals surface area contributed by atoms with Gasteiger partial charge < -0.3 is 5.32 Å².